The molecule has 2 spiro atoms. The fraction of sp³-hybridized carbons (Fsp3) is 0.929. The topological polar surface area (TPSA) is 47.1 Å². The maximum Gasteiger partial charge on any atom is 0.230 e. The van der Waals surface area contributed by atoms with Crippen molar-refractivity contribution in [2.45, 2.75) is 118 Å². The third-order valence-electron chi connectivity index (χ3n) is 9.01. The molecule has 6 nitrogen and oxygen atoms in total. The molecule has 2 unspecified atom stereocenters. The highest BCUT2D eigenvalue weighted by Crippen LogP contribution is 2.42. The Kier molecular flexibility index (Phi) is 8.77. The van der Waals surface area contributed by atoms with Crippen molar-refractivity contribution in [1.29, 1.82) is 0 Å². The van der Waals surface area contributed by atoms with Gasteiger partial charge in [0.05, 0.1) is 10.8 Å². The second-order valence-electron chi connectivity index (χ2n) is 12.6. The van der Waals surface area contributed by atoms with Crippen LogP contribution < -0.4 is 0 Å². The van der Waals surface area contributed by atoms with E-state index in [4.69, 9.17) is 0 Å². The van der Waals surface area contributed by atoms with Gasteiger partial charge in [-0.3, -0.25) is 19.4 Å². The zero-order valence-electron chi connectivity index (χ0n) is 23.4. The summed E-state index contributed by atoms with van der Waals surface area (Å²) in [5, 5.41) is 0. The minimum absolute atomic E-state index is 0.0488. The van der Waals surface area contributed by atoms with Gasteiger partial charge in [-0.25, -0.2) is 0 Å². The third-order valence-corrected chi connectivity index (χ3v) is 9.01. The van der Waals surface area contributed by atoms with Gasteiger partial charge in [-0.2, -0.15) is 0 Å². The molecule has 0 aromatic carbocycles. The zero-order chi connectivity index (χ0) is 25.3. The molecule has 4 rings (SSSR count). The second kappa shape index (κ2) is 10.9. The lowest BCUT2D eigenvalue weighted by Gasteiger charge is -2.41. The number of amides is 2. The molecule has 4 aliphatic heterocycles. The van der Waals surface area contributed by atoms with Crippen LogP contribution in [0.1, 0.15) is 93.9 Å². The fourth-order valence-electron chi connectivity index (χ4n) is 6.64. The number of carbonyl (C=O) groups excluding carboxylic acids is 2. The molecule has 2 amide bonds. The van der Waals surface area contributed by atoms with Crippen molar-refractivity contribution in [1.82, 2.24) is 19.6 Å². The van der Waals surface area contributed by atoms with E-state index in [9.17, 15) is 9.59 Å². The van der Waals surface area contributed by atoms with E-state index >= 15 is 0 Å². The van der Waals surface area contributed by atoms with Crippen molar-refractivity contribution in [3.63, 3.8) is 0 Å². The van der Waals surface area contributed by atoms with Crippen LogP contribution in [0.25, 0.3) is 0 Å². The van der Waals surface area contributed by atoms with Crippen LogP contribution in [0.3, 0.4) is 0 Å². The Morgan fingerprint density at radius 2 is 0.941 bits per heavy atom. The van der Waals surface area contributed by atoms with Crippen molar-refractivity contribution in [2.24, 2.45) is 10.8 Å². The van der Waals surface area contributed by atoms with E-state index in [1.54, 1.807) is 0 Å². The first-order chi connectivity index (χ1) is 15.9. The largest absolute Gasteiger partial charge is 0.340 e. The Hall–Kier alpha value is -1.14. The number of rotatable bonds is 4. The van der Waals surface area contributed by atoms with E-state index in [0.29, 0.717) is 36.0 Å². The van der Waals surface area contributed by atoms with Crippen LogP contribution in [-0.2, 0) is 9.59 Å². The first-order valence-corrected chi connectivity index (χ1v) is 14.0. The predicted octanol–water partition coefficient (Wildman–Crippen LogP) is 4.24. The predicted molar refractivity (Wildman–Crippen MR) is 140 cm³/mol. The monoisotopic (exact) mass is 476 g/mol. The van der Waals surface area contributed by atoms with Gasteiger partial charge in [-0.15, -0.1) is 0 Å². The van der Waals surface area contributed by atoms with Crippen molar-refractivity contribution >= 4 is 11.8 Å². The highest BCUT2D eigenvalue weighted by molar-refractivity contribution is 5.85. The molecule has 2 atom stereocenters. The summed E-state index contributed by atoms with van der Waals surface area (Å²) < 4.78 is 0. The molecule has 34 heavy (non-hydrogen) atoms. The van der Waals surface area contributed by atoms with E-state index < -0.39 is 0 Å². The highest BCUT2D eigenvalue weighted by atomic mass is 16.2. The molecular formula is C28H52N4O2. The zero-order valence-corrected chi connectivity index (χ0v) is 23.4. The number of nitrogens with zero attached hydrogens (tertiary/aromatic N) is 4. The lowest BCUT2D eigenvalue weighted by molar-refractivity contribution is -0.147. The number of likely N-dealkylation sites (tertiary alicyclic amines) is 4. The average Bonchev–Trinajstić information content (AvgIpc) is 3.34. The van der Waals surface area contributed by atoms with Crippen LogP contribution in [0.15, 0.2) is 0 Å². The van der Waals surface area contributed by atoms with Gasteiger partial charge < -0.3 is 9.80 Å². The Balaban J connectivity index is 0.000000191. The summed E-state index contributed by atoms with van der Waals surface area (Å²) in [6, 6.07) is 1.84. The molecule has 0 aliphatic carbocycles. The molecule has 4 heterocycles. The van der Waals surface area contributed by atoms with E-state index in [0.717, 1.165) is 65.0 Å². The molecule has 0 saturated carbocycles. The Morgan fingerprint density at radius 3 is 1.35 bits per heavy atom. The second-order valence-corrected chi connectivity index (χ2v) is 12.6. The number of hydrogen-bond donors (Lipinski definition) is 0. The van der Waals surface area contributed by atoms with Crippen LogP contribution in [0, 0.1) is 10.8 Å². The fourth-order valence-corrected chi connectivity index (χ4v) is 6.64. The van der Waals surface area contributed by atoms with Gasteiger partial charge >= 0.3 is 0 Å². The van der Waals surface area contributed by atoms with Gasteiger partial charge in [0.25, 0.3) is 0 Å². The quantitative estimate of drug-likeness (QED) is 0.609. The molecule has 0 bridgehead atoms. The van der Waals surface area contributed by atoms with E-state index in [1.807, 2.05) is 0 Å². The average molecular weight is 477 g/mol. The number of piperidine rings is 2. The van der Waals surface area contributed by atoms with Gasteiger partial charge in [-0.05, 0) is 107 Å². The molecule has 4 fully saturated rings. The summed E-state index contributed by atoms with van der Waals surface area (Å²) in [6.07, 6.45) is 6.67. The van der Waals surface area contributed by atoms with Crippen molar-refractivity contribution in [3.8, 4) is 0 Å². The van der Waals surface area contributed by atoms with Gasteiger partial charge in [0.2, 0.25) is 11.8 Å². The summed E-state index contributed by atoms with van der Waals surface area (Å²) in [4.78, 5) is 34.4. The highest BCUT2D eigenvalue weighted by Gasteiger charge is 2.50. The Bertz CT molecular complexity index is 717. The summed E-state index contributed by atoms with van der Waals surface area (Å²) in [5.41, 5.74) is -0.0976. The Morgan fingerprint density at radius 1 is 0.529 bits per heavy atom. The van der Waals surface area contributed by atoms with Gasteiger partial charge in [-0.1, -0.05) is 0 Å². The van der Waals surface area contributed by atoms with E-state index in [-0.39, 0.29) is 10.8 Å². The summed E-state index contributed by atoms with van der Waals surface area (Å²) in [6.45, 7) is 23.6. The normalized spacial score (nSPS) is 31.2. The van der Waals surface area contributed by atoms with Crippen LogP contribution in [0.2, 0.25) is 0 Å². The van der Waals surface area contributed by atoms with Gasteiger partial charge in [0.1, 0.15) is 0 Å². The molecule has 0 radical (unpaired) electrons. The summed E-state index contributed by atoms with van der Waals surface area (Å²) >= 11 is 0. The maximum absolute atomic E-state index is 12.7. The van der Waals surface area contributed by atoms with Crippen molar-refractivity contribution in [3.05, 3.63) is 0 Å². The standard InChI is InChI=1S/2C14H26N2O/c1-11(2)15-9-7-14(10-15)6-5-8-16(12(3)4)13(14)17;1-11(2)15-8-5-6-14(10-15)7-9-16(12(3)4)13(14)17/h2*11-12H,5-10H2,1-4H3. The molecular weight excluding hydrogens is 424 g/mol. The molecule has 4 aliphatic rings. The molecule has 0 aromatic rings. The molecule has 0 aromatic heterocycles. The lowest BCUT2D eigenvalue weighted by atomic mass is 9.78. The first kappa shape index (κ1) is 27.4. The first-order valence-electron chi connectivity index (χ1n) is 14.0. The maximum atomic E-state index is 12.7. The minimum Gasteiger partial charge on any atom is -0.340 e. The van der Waals surface area contributed by atoms with Crippen LogP contribution in [-0.4, -0.2) is 94.8 Å². The third kappa shape index (κ3) is 5.48. The van der Waals surface area contributed by atoms with Crippen molar-refractivity contribution < 1.29 is 9.59 Å². The Labute approximate surface area is 209 Å². The van der Waals surface area contributed by atoms with Crippen LogP contribution in [0.4, 0.5) is 0 Å². The van der Waals surface area contributed by atoms with Crippen LogP contribution >= 0.6 is 0 Å². The SMILES string of the molecule is CC(C)N1CCC2(CCCN(C(C)C)C2=O)C1.CC(C)N1CCCC2(CCN(C(C)C)C2=O)C1. The smallest absolute Gasteiger partial charge is 0.230 e. The number of carbonyl (C=O) groups is 2. The van der Waals surface area contributed by atoms with E-state index in [2.05, 4.69) is 75.0 Å². The lowest BCUT2D eigenvalue weighted by Crippen LogP contribution is -2.52. The summed E-state index contributed by atoms with van der Waals surface area (Å²) in [5.74, 6) is 0.833. The summed E-state index contributed by atoms with van der Waals surface area (Å²) in [7, 11) is 0. The van der Waals surface area contributed by atoms with Gasteiger partial charge in [0, 0.05) is 50.3 Å². The van der Waals surface area contributed by atoms with Crippen molar-refractivity contribution in [2.75, 3.05) is 39.3 Å². The molecule has 196 valence electrons. The molecule has 0 N–H and O–H groups in total. The van der Waals surface area contributed by atoms with E-state index in [1.165, 1.54) is 12.8 Å². The van der Waals surface area contributed by atoms with Gasteiger partial charge in [0.15, 0.2) is 0 Å². The van der Waals surface area contributed by atoms with Crippen LogP contribution in [0.5, 0.6) is 0 Å². The molecule has 6 heteroatoms. The number of hydrogen-bond acceptors (Lipinski definition) is 4. The minimum atomic E-state index is -0.0488. The molecule has 4 saturated heterocycles.